The number of nitrogens with zero attached hydrogens (tertiary/aromatic N) is 1. The first kappa shape index (κ1) is 21.8. The molecule has 2 aromatic rings. The number of anilines is 1. The summed E-state index contributed by atoms with van der Waals surface area (Å²) in [6.45, 7) is 4.04. The highest BCUT2D eigenvalue weighted by Crippen LogP contribution is 2.39. The van der Waals surface area contributed by atoms with E-state index in [1.807, 2.05) is 24.3 Å². The Labute approximate surface area is 183 Å². The second-order valence-corrected chi connectivity index (χ2v) is 10.1. The van der Waals surface area contributed by atoms with E-state index in [0.717, 1.165) is 12.1 Å². The lowest BCUT2D eigenvalue weighted by Gasteiger charge is -2.41. The zero-order valence-electron chi connectivity index (χ0n) is 17.7. The predicted octanol–water partition coefficient (Wildman–Crippen LogP) is 3.24. The van der Waals surface area contributed by atoms with Crippen LogP contribution in [0.3, 0.4) is 0 Å². The number of rotatable bonds is 5. The molecule has 2 aromatic carbocycles. The second kappa shape index (κ2) is 8.98. The molecule has 2 atom stereocenters. The molecule has 4 rings (SSSR count). The Kier molecular flexibility index (Phi) is 6.31. The van der Waals surface area contributed by atoms with Gasteiger partial charge in [0.1, 0.15) is 0 Å². The monoisotopic (exact) mass is 443 g/mol. The van der Waals surface area contributed by atoms with E-state index in [4.69, 9.17) is 4.74 Å². The Balaban J connectivity index is 1.45. The molecule has 0 radical (unpaired) electrons. The van der Waals surface area contributed by atoms with Crippen molar-refractivity contribution in [3.63, 3.8) is 0 Å². The van der Waals surface area contributed by atoms with Crippen LogP contribution in [0.5, 0.6) is 0 Å². The molecule has 8 heteroatoms. The summed E-state index contributed by atoms with van der Waals surface area (Å²) >= 11 is 0. The quantitative estimate of drug-likeness (QED) is 0.743. The highest BCUT2D eigenvalue weighted by atomic mass is 32.2. The fourth-order valence-corrected chi connectivity index (χ4v) is 5.81. The summed E-state index contributed by atoms with van der Waals surface area (Å²) in [4.78, 5) is 14.8. The number of hydrogen-bond donors (Lipinski definition) is 2. The molecule has 0 saturated carbocycles. The van der Waals surface area contributed by atoms with E-state index >= 15 is 0 Å². The minimum absolute atomic E-state index is 0.170. The van der Waals surface area contributed by atoms with Gasteiger partial charge in [-0.15, -0.1) is 0 Å². The average Bonchev–Trinajstić information content (AvgIpc) is 3.21. The van der Waals surface area contributed by atoms with Gasteiger partial charge in [0.05, 0.1) is 11.5 Å². The van der Waals surface area contributed by atoms with E-state index in [2.05, 4.69) is 17.0 Å². The number of sulfonamides is 1. The van der Waals surface area contributed by atoms with Crippen molar-refractivity contribution in [2.24, 2.45) is 5.41 Å². The molecule has 1 spiro atoms. The topological polar surface area (TPSA) is 87.7 Å². The number of ether oxygens (including phenoxy) is 1. The van der Waals surface area contributed by atoms with E-state index < -0.39 is 15.4 Å². The van der Waals surface area contributed by atoms with Crippen molar-refractivity contribution in [3.05, 3.63) is 60.2 Å². The van der Waals surface area contributed by atoms with Crippen LogP contribution in [-0.4, -0.2) is 51.7 Å². The van der Waals surface area contributed by atoms with Crippen molar-refractivity contribution < 1.29 is 17.9 Å². The minimum Gasteiger partial charge on any atom is -0.381 e. The first-order valence-corrected chi connectivity index (χ1v) is 12.2. The summed E-state index contributed by atoms with van der Waals surface area (Å²) in [5.41, 5.74) is 1.54. The molecule has 2 fully saturated rings. The summed E-state index contributed by atoms with van der Waals surface area (Å²) < 4.78 is 34.4. The van der Waals surface area contributed by atoms with Gasteiger partial charge in [-0.05, 0) is 49.1 Å². The Hall–Kier alpha value is -2.42. The van der Waals surface area contributed by atoms with Gasteiger partial charge in [-0.25, -0.2) is 17.9 Å². The maximum Gasteiger partial charge on any atom is 0.321 e. The molecule has 2 N–H and O–H groups in total. The summed E-state index contributed by atoms with van der Waals surface area (Å²) in [6.07, 6.45) is 2.22. The van der Waals surface area contributed by atoms with Gasteiger partial charge in [-0.3, -0.25) is 0 Å². The van der Waals surface area contributed by atoms with Crippen molar-refractivity contribution in [1.29, 1.82) is 0 Å². The molecule has 0 aromatic heterocycles. The van der Waals surface area contributed by atoms with Gasteiger partial charge in [-0.2, -0.15) is 0 Å². The molecular weight excluding hydrogens is 414 g/mol. The van der Waals surface area contributed by atoms with Gasteiger partial charge in [-0.1, -0.05) is 37.3 Å². The van der Waals surface area contributed by atoms with Crippen LogP contribution in [-0.2, 0) is 21.2 Å². The molecule has 31 heavy (non-hydrogen) atoms. The van der Waals surface area contributed by atoms with Crippen LogP contribution in [0.15, 0.2) is 59.5 Å². The maximum atomic E-state index is 12.9. The third kappa shape index (κ3) is 4.76. The summed E-state index contributed by atoms with van der Waals surface area (Å²) in [5, 5.41) is 2.95. The van der Waals surface area contributed by atoms with E-state index in [1.54, 1.807) is 35.2 Å². The number of likely N-dealkylation sites (tertiary alicyclic amines) is 1. The van der Waals surface area contributed by atoms with Gasteiger partial charge < -0.3 is 15.0 Å². The maximum absolute atomic E-state index is 12.9. The number of carbonyl (C=O) groups is 1. The van der Waals surface area contributed by atoms with Crippen molar-refractivity contribution in [2.45, 2.75) is 37.1 Å². The number of carbonyl (C=O) groups excluding carboxylic acids is 1. The lowest BCUT2D eigenvalue weighted by molar-refractivity contribution is -0.0196. The van der Waals surface area contributed by atoms with Gasteiger partial charge >= 0.3 is 6.03 Å². The van der Waals surface area contributed by atoms with Crippen molar-refractivity contribution in [2.75, 3.05) is 31.6 Å². The molecule has 166 valence electrons. The highest BCUT2D eigenvalue weighted by Gasteiger charge is 2.49. The summed E-state index contributed by atoms with van der Waals surface area (Å²) in [7, 11) is -3.64. The molecule has 2 amide bonds. The second-order valence-electron chi connectivity index (χ2n) is 8.34. The van der Waals surface area contributed by atoms with Crippen LogP contribution in [0.2, 0.25) is 0 Å². The molecule has 2 saturated heterocycles. The lowest BCUT2D eigenvalue weighted by Crippen LogP contribution is -2.55. The van der Waals surface area contributed by atoms with Gasteiger partial charge in [0.15, 0.2) is 0 Å². The van der Waals surface area contributed by atoms with Crippen LogP contribution in [0, 0.1) is 5.41 Å². The molecule has 2 unspecified atom stereocenters. The lowest BCUT2D eigenvalue weighted by atomic mass is 9.78. The van der Waals surface area contributed by atoms with Crippen LogP contribution in [0.1, 0.15) is 25.3 Å². The number of hydrogen-bond acceptors (Lipinski definition) is 4. The molecule has 7 nitrogen and oxygen atoms in total. The molecule has 2 aliphatic rings. The number of benzene rings is 2. The third-order valence-corrected chi connectivity index (χ3v) is 7.80. The molecular formula is C23H29N3O4S. The smallest absolute Gasteiger partial charge is 0.321 e. The van der Waals surface area contributed by atoms with E-state index in [0.29, 0.717) is 39.1 Å². The van der Waals surface area contributed by atoms with Gasteiger partial charge in [0.2, 0.25) is 10.0 Å². The SMILES string of the molecule is CCc1ccc(NC(=O)N2CCC3(COCCC3NS(=O)(=O)c3ccccc3)C2)cc1. The standard InChI is InChI=1S/C23H29N3O4S/c1-2-18-8-10-19(11-9-18)24-22(27)26-14-13-23(16-26)17-30-15-12-21(23)25-31(28,29)20-6-4-3-5-7-20/h3-11,21,25H,2,12-17H2,1H3,(H,24,27). The summed E-state index contributed by atoms with van der Waals surface area (Å²) in [5.74, 6) is 0. The Morgan fingerprint density at radius 3 is 2.61 bits per heavy atom. The predicted molar refractivity (Wildman–Crippen MR) is 119 cm³/mol. The zero-order valence-corrected chi connectivity index (χ0v) is 18.5. The Morgan fingerprint density at radius 1 is 1.16 bits per heavy atom. The number of aryl methyl sites for hydroxylation is 1. The fraction of sp³-hybridized carbons (Fsp3) is 0.435. The number of urea groups is 1. The molecule has 2 aliphatic heterocycles. The van der Waals surface area contributed by atoms with Crippen LogP contribution < -0.4 is 10.0 Å². The minimum atomic E-state index is -3.64. The van der Waals surface area contributed by atoms with E-state index in [1.165, 1.54) is 5.56 Å². The average molecular weight is 444 g/mol. The van der Waals surface area contributed by atoms with E-state index in [-0.39, 0.29) is 17.0 Å². The molecule has 0 aliphatic carbocycles. The normalized spacial score (nSPS) is 23.8. The van der Waals surface area contributed by atoms with Crippen LogP contribution >= 0.6 is 0 Å². The van der Waals surface area contributed by atoms with Crippen molar-refractivity contribution >= 4 is 21.7 Å². The van der Waals surface area contributed by atoms with Gasteiger partial charge in [0, 0.05) is 36.8 Å². The van der Waals surface area contributed by atoms with Crippen LogP contribution in [0.4, 0.5) is 10.5 Å². The Bertz CT molecular complexity index is 1010. The highest BCUT2D eigenvalue weighted by molar-refractivity contribution is 7.89. The zero-order chi connectivity index (χ0) is 21.9. The first-order chi connectivity index (χ1) is 14.9. The third-order valence-electron chi connectivity index (χ3n) is 6.32. The molecule has 0 bridgehead atoms. The van der Waals surface area contributed by atoms with Gasteiger partial charge in [0.25, 0.3) is 0 Å². The summed E-state index contributed by atoms with van der Waals surface area (Å²) in [6, 6.07) is 15.8. The first-order valence-electron chi connectivity index (χ1n) is 10.7. The van der Waals surface area contributed by atoms with Crippen molar-refractivity contribution in [1.82, 2.24) is 9.62 Å². The van der Waals surface area contributed by atoms with E-state index in [9.17, 15) is 13.2 Å². The number of amides is 2. The van der Waals surface area contributed by atoms with Crippen molar-refractivity contribution in [3.8, 4) is 0 Å². The van der Waals surface area contributed by atoms with Crippen LogP contribution in [0.25, 0.3) is 0 Å². The fourth-order valence-electron chi connectivity index (χ4n) is 4.42. The number of nitrogens with one attached hydrogen (secondary N) is 2. The largest absolute Gasteiger partial charge is 0.381 e. The molecule has 2 heterocycles. The Morgan fingerprint density at radius 2 is 1.90 bits per heavy atom.